The number of amides is 1. The lowest BCUT2D eigenvalue weighted by molar-refractivity contribution is 0.0679. The molecule has 0 bridgehead atoms. The number of aliphatic hydroxyl groups is 1. The first-order valence-corrected chi connectivity index (χ1v) is 8.85. The van der Waals surface area contributed by atoms with E-state index in [1.165, 1.54) is 12.1 Å². The predicted molar refractivity (Wildman–Crippen MR) is 98.2 cm³/mol. The average Bonchev–Trinajstić information content (AvgIpc) is 3.15. The minimum absolute atomic E-state index is 0.0891. The molecule has 2 aromatic carbocycles. The van der Waals surface area contributed by atoms with Crippen molar-refractivity contribution in [3.63, 3.8) is 0 Å². The number of likely N-dealkylation sites (tertiary alicyclic amines) is 1. The first-order valence-electron chi connectivity index (χ1n) is 8.85. The summed E-state index contributed by atoms with van der Waals surface area (Å²) >= 11 is 0. The number of hydrogen-bond acceptors (Lipinski definition) is 3. The number of aliphatic hydroxyl groups excluding tert-OH is 1. The summed E-state index contributed by atoms with van der Waals surface area (Å²) in [6.07, 6.45) is 1.59. The second kappa shape index (κ2) is 7.04. The van der Waals surface area contributed by atoms with Crippen LogP contribution in [0.2, 0.25) is 0 Å². The van der Waals surface area contributed by atoms with Gasteiger partial charge in [-0.05, 0) is 37.1 Å². The smallest absolute Gasteiger partial charge is 0.254 e. The van der Waals surface area contributed by atoms with E-state index in [1.807, 2.05) is 6.07 Å². The molecule has 1 amide bonds. The summed E-state index contributed by atoms with van der Waals surface area (Å²) in [4.78, 5) is 19.3. The number of rotatable bonds is 3. The van der Waals surface area contributed by atoms with E-state index >= 15 is 0 Å². The van der Waals surface area contributed by atoms with Gasteiger partial charge in [0.2, 0.25) is 0 Å². The fourth-order valence-corrected chi connectivity index (χ4v) is 3.64. The van der Waals surface area contributed by atoms with Crippen LogP contribution in [0.5, 0.6) is 0 Å². The van der Waals surface area contributed by atoms with Crippen molar-refractivity contribution in [2.45, 2.75) is 18.9 Å². The Morgan fingerprint density at radius 2 is 2.00 bits per heavy atom. The molecule has 1 atom stereocenters. The highest BCUT2D eigenvalue weighted by Crippen LogP contribution is 2.29. The largest absolute Gasteiger partial charge is 0.394 e. The van der Waals surface area contributed by atoms with E-state index in [0.717, 1.165) is 18.9 Å². The number of hydrogen-bond donors (Lipinski definition) is 1. The zero-order chi connectivity index (χ0) is 19.0. The van der Waals surface area contributed by atoms with Crippen molar-refractivity contribution >= 4 is 16.8 Å². The highest BCUT2D eigenvalue weighted by atomic mass is 19.1. The molecule has 0 saturated carbocycles. The van der Waals surface area contributed by atoms with Crippen LogP contribution in [0.1, 0.15) is 23.2 Å². The number of carbonyl (C=O) groups is 1. The topological polar surface area (TPSA) is 53.4 Å². The van der Waals surface area contributed by atoms with E-state index in [4.69, 9.17) is 0 Å². The molecular weight excluding hydrogens is 350 g/mol. The van der Waals surface area contributed by atoms with Crippen molar-refractivity contribution in [2.24, 2.45) is 0 Å². The molecule has 1 fully saturated rings. The first kappa shape index (κ1) is 17.5. The third-order valence-corrected chi connectivity index (χ3v) is 5.00. The van der Waals surface area contributed by atoms with Crippen LogP contribution in [-0.4, -0.2) is 40.1 Å². The Bertz CT molecular complexity index is 1020. The molecule has 27 heavy (non-hydrogen) atoms. The van der Waals surface area contributed by atoms with Gasteiger partial charge in [0.1, 0.15) is 11.6 Å². The van der Waals surface area contributed by atoms with Crippen molar-refractivity contribution in [1.29, 1.82) is 0 Å². The van der Waals surface area contributed by atoms with E-state index in [2.05, 4.69) is 4.98 Å². The van der Waals surface area contributed by atoms with Crippen LogP contribution in [0.3, 0.4) is 0 Å². The molecule has 0 radical (unpaired) electrons. The highest BCUT2D eigenvalue weighted by molar-refractivity contribution is 6.07. The molecule has 2 heterocycles. The lowest BCUT2D eigenvalue weighted by Gasteiger charge is -2.24. The summed E-state index contributed by atoms with van der Waals surface area (Å²) in [6, 6.07) is 11.8. The lowest BCUT2D eigenvalue weighted by atomic mass is 10.0. The zero-order valence-electron chi connectivity index (χ0n) is 14.5. The number of aromatic nitrogens is 1. The molecule has 4 nitrogen and oxygen atoms in total. The summed E-state index contributed by atoms with van der Waals surface area (Å²) < 4.78 is 27.5. The van der Waals surface area contributed by atoms with Crippen molar-refractivity contribution < 1.29 is 18.7 Å². The molecule has 0 spiro atoms. The Morgan fingerprint density at radius 1 is 1.19 bits per heavy atom. The SMILES string of the molecule is O=C(c1cc(-c2ccc(F)cc2F)nc2ccccc12)N1CCC[C@@H]1CO. The van der Waals surface area contributed by atoms with Crippen LogP contribution >= 0.6 is 0 Å². The van der Waals surface area contributed by atoms with Crippen molar-refractivity contribution in [3.8, 4) is 11.3 Å². The van der Waals surface area contributed by atoms with Crippen LogP contribution < -0.4 is 0 Å². The summed E-state index contributed by atoms with van der Waals surface area (Å²) in [7, 11) is 0. The molecule has 4 rings (SSSR count). The van der Waals surface area contributed by atoms with E-state index in [-0.39, 0.29) is 29.8 Å². The fraction of sp³-hybridized carbons (Fsp3) is 0.238. The monoisotopic (exact) mass is 368 g/mol. The third-order valence-electron chi connectivity index (χ3n) is 5.00. The van der Waals surface area contributed by atoms with Crippen LogP contribution in [0.25, 0.3) is 22.2 Å². The number of benzene rings is 2. The van der Waals surface area contributed by atoms with Gasteiger partial charge in [-0.25, -0.2) is 13.8 Å². The van der Waals surface area contributed by atoms with Gasteiger partial charge >= 0.3 is 0 Å². The van der Waals surface area contributed by atoms with Gasteiger partial charge in [-0.15, -0.1) is 0 Å². The lowest BCUT2D eigenvalue weighted by Crippen LogP contribution is -2.37. The van der Waals surface area contributed by atoms with Crippen molar-refractivity contribution in [2.75, 3.05) is 13.2 Å². The number of pyridine rings is 1. The number of carbonyl (C=O) groups excluding carboxylic acids is 1. The molecular formula is C21H18F2N2O2. The van der Waals surface area contributed by atoms with Crippen LogP contribution in [-0.2, 0) is 0 Å². The van der Waals surface area contributed by atoms with Gasteiger partial charge in [0.25, 0.3) is 5.91 Å². The fourth-order valence-electron chi connectivity index (χ4n) is 3.64. The van der Waals surface area contributed by atoms with Crippen LogP contribution in [0.15, 0.2) is 48.5 Å². The second-order valence-corrected chi connectivity index (χ2v) is 6.67. The maximum atomic E-state index is 14.3. The quantitative estimate of drug-likeness (QED) is 0.766. The van der Waals surface area contributed by atoms with Crippen molar-refractivity contribution in [1.82, 2.24) is 9.88 Å². The highest BCUT2D eigenvalue weighted by Gasteiger charge is 2.30. The summed E-state index contributed by atoms with van der Waals surface area (Å²) in [5.74, 6) is -1.62. The molecule has 1 saturated heterocycles. The van der Waals surface area contributed by atoms with Gasteiger partial charge in [-0.2, -0.15) is 0 Å². The normalized spacial score (nSPS) is 16.9. The molecule has 1 N–H and O–H groups in total. The standard InChI is InChI=1S/C21H18F2N2O2/c22-13-7-8-16(18(23)10-13)20-11-17(15-5-1-2-6-19(15)24-20)21(27)25-9-3-4-14(25)12-26/h1-2,5-8,10-11,14,26H,3-4,9,12H2/t14-/m1/s1. The molecule has 3 aromatic rings. The third kappa shape index (κ3) is 3.17. The summed E-state index contributed by atoms with van der Waals surface area (Å²) in [5, 5.41) is 10.2. The van der Waals surface area contributed by atoms with E-state index in [0.29, 0.717) is 23.0 Å². The number of nitrogens with zero attached hydrogens (tertiary/aromatic N) is 2. The van der Waals surface area contributed by atoms with Gasteiger partial charge in [-0.1, -0.05) is 18.2 Å². The Morgan fingerprint density at radius 3 is 2.78 bits per heavy atom. The van der Waals surface area contributed by atoms with E-state index in [1.54, 1.807) is 29.2 Å². The second-order valence-electron chi connectivity index (χ2n) is 6.67. The minimum atomic E-state index is -0.731. The minimum Gasteiger partial charge on any atom is -0.394 e. The molecule has 6 heteroatoms. The van der Waals surface area contributed by atoms with Gasteiger partial charge in [0, 0.05) is 23.6 Å². The maximum absolute atomic E-state index is 14.3. The molecule has 1 aromatic heterocycles. The Kier molecular flexibility index (Phi) is 4.58. The molecule has 1 aliphatic heterocycles. The molecule has 1 aliphatic rings. The molecule has 0 aliphatic carbocycles. The van der Waals surface area contributed by atoms with Gasteiger partial charge < -0.3 is 10.0 Å². The van der Waals surface area contributed by atoms with E-state index in [9.17, 15) is 18.7 Å². The zero-order valence-corrected chi connectivity index (χ0v) is 14.5. The van der Waals surface area contributed by atoms with Gasteiger partial charge in [0.15, 0.2) is 0 Å². The molecule has 138 valence electrons. The average molecular weight is 368 g/mol. The Labute approximate surface area is 155 Å². The van der Waals surface area contributed by atoms with Gasteiger partial charge in [0.05, 0.1) is 29.4 Å². The summed E-state index contributed by atoms with van der Waals surface area (Å²) in [5.41, 5.74) is 1.37. The summed E-state index contributed by atoms with van der Waals surface area (Å²) in [6.45, 7) is 0.481. The predicted octanol–water partition coefficient (Wildman–Crippen LogP) is 3.78. The maximum Gasteiger partial charge on any atom is 0.254 e. The number of fused-ring (bicyclic) bond motifs is 1. The number of halogens is 2. The number of para-hydroxylation sites is 1. The van der Waals surface area contributed by atoms with Crippen LogP contribution in [0.4, 0.5) is 8.78 Å². The Balaban J connectivity index is 1.87. The Hall–Kier alpha value is -2.86. The first-order chi connectivity index (χ1) is 13.1. The van der Waals surface area contributed by atoms with Crippen LogP contribution in [0, 0.1) is 11.6 Å². The van der Waals surface area contributed by atoms with Gasteiger partial charge in [-0.3, -0.25) is 4.79 Å². The van der Waals surface area contributed by atoms with Crippen molar-refractivity contribution in [3.05, 3.63) is 65.7 Å². The molecule has 0 unspecified atom stereocenters. The van der Waals surface area contributed by atoms with E-state index < -0.39 is 11.6 Å².